The van der Waals surface area contributed by atoms with Crippen LogP contribution in [0.25, 0.3) is 6.08 Å². The van der Waals surface area contributed by atoms with Gasteiger partial charge in [0.15, 0.2) is 22.9 Å². The van der Waals surface area contributed by atoms with E-state index in [1.807, 2.05) is 31.2 Å². The minimum Gasteiger partial charge on any atom is -0.493 e. The number of nitrogens with zero attached hydrogens (tertiary/aromatic N) is 2. The number of para-hydroxylation sites is 1. The fraction of sp³-hybridized carbons (Fsp3) is 0.355. The first-order valence-electron chi connectivity index (χ1n) is 13.7. The molecule has 2 aromatic carbocycles. The Labute approximate surface area is 247 Å². The van der Waals surface area contributed by atoms with Crippen molar-refractivity contribution in [1.82, 2.24) is 4.57 Å². The van der Waals surface area contributed by atoms with Gasteiger partial charge in [-0.1, -0.05) is 42.5 Å². The van der Waals surface area contributed by atoms with Crippen molar-refractivity contribution in [3.8, 4) is 17.2 Å². The SMILES string of the molecule is CCCOc1ccccc1C1C(C(=O)OCC)=C(C)N=c2sc(=Cc3ccc(OCC(=O)OCC)c(OC)c3)c(=O)n21. The smallest absolute Gasteiger partial charge is 0.344 e. The van der Waals surface area contributed by atoms with Crippen LogP contribution < -0.4 is 29.1 Å². The third kappa shape index (κ3) is 6.57. The molecule has 1 aliphatic heterocycles. The minimum absolute atomic E-state index is 0.183. The van der Waals surface area contributed by atoms with Crippen molar-refractivity contribution in [2.24, 2.45) is 4.99 Å². The predicted octanol–water partition coefficient (Wildman–Crippen LogP) is 3.54. The zero-order chi connectivity index (χ0) is 30.2. The average Bonchev–Trinajstić information content (AvgIpc) is 3.28. The number of benzene rings is 2. The molecule has 11 heteroatoms. The maximum absolute atomic E-state index is 14.0. The highest BCUT2D eigenvalue weighted by Gasteiger charge is 2.35. The second-order valence-electron chi connectivity index (χ2n) is 9.19. The third-order valence-corrected chi connectivity index (χ3v) is 7.31. The van der Waals surface area contributed by atoms with E-state index >= 15 is 0 Å². The van der Waals surface area contributed by atoms with Crippen LogP contribution in [-0.2, 0) is 19.1 Å². The quantitative estimate of drug-likeness (QED) is 0.293. The number of carbonyl (C=O) groups is 2. The molecule has 0 saturated carbocycles. The highest BCUT2D eigenvalue weighted by atomic mass is 32.1. The highest BCUT2D eigenvalue weighted by molar-refractivity contribution is 7.07. The number of rotatable bonds is 12. The van der Waals surface area contributed by atoms with E-state index in [1.165, 1.54) is 23.0 Å². The molecule has 2 heterocycles. The van der Waals surface area contributed by atoms with E-state index in [4.69, 9.17) is 23.7 Å². The fourth-order valence-electron chi connectivity index (χ4n) is 4.52. The third-order valence-electron chi connectivity index (χ3n) is 6.33. The number of ether oxygens (including phenoxy) is 5. The lowest BCUT2D eigenvalue weighted by molar-refractivity contribution is -0.145. The molecule has 222 valence electrons. The van der Waals surface area contributed by atoms with Gasteiger partial charge in [0.25, 0.3) is 5.56 Å². The molecule has 1 atom stereocenters. The number of carbonyl (C=O) groups excluding carboxylic acids is 2. The molecule has 0 spiro atoms. The molecule has 0 radical (unpaired) electrons. The van der Waals surface area contributed by atoms with Gasteiger partial charge >= 0.3 is 11.9 Å². The Morgan fingerprint density at radius 1 is 1.00 bits per heavy atom. The Morgan fingerprint density at radius 2 is 1.76 bits per heavy atom. The van der Waals surface area contributed by atoms with Crippen molar-refractivity contribution < 1.29 is 33.3 Å². The molecule has 0 aliphatic carbocycles. The number of methoxy groups -OCH3 is 1. The molecule has 4 rings (SSSR count). The van der Waals surface area contributed by atoms with Gasteiger partial charge in [0.1, 0.15) is 11.8 Å². The fourth-order valence-corrected chi connectivity index (χ4v) is 5.57. The maximum Gasteiger partial charge on any atom is 0.344 e. The monoisotopic (exact) mass is 594 g/mol. The molecule has 0 saturated heterocycles. The van der Waals surface area contributed by atoms with E-state index in [1.54, 1.807) is 45.0 Å². The molecule has 0 N–H and O–H groups in total. The number of aromatic nitrogens is 1. The van der Waals surface area contributed by atoms with Gasteiger partial charge in [-0.25, -0.2) is 14.6 Å². The molecular weight excluding hydrogens is 560 g/mol. The van der Waals surface area contributed by atoms with Crippen LogP contribution in [0.5, 0.6) is 17.2 Å². The van der Waals surface area contributed by atoms with Gasteiger partial charge in [-0.15, -0.1) is 0 Å². The van der Waals surface area contributed by atoms with Gasteiger partial charge in [0.2, 0.25) is 0 Å². The Hall–Kier alpha value is -4.38. The van der Waals surface area contributed by atoms with Crippen molar-refractivity contribution in [2.75, 3.05) is 33.5 Å². The first-order chi connectivity index (χ1) is 20.3. The van der Waals surface area contributed by atoms with Crippen molar-refractivity contribution in [2.45, 2.75) is 40.2 Å². The van der Waals surface area contributed by atoms with Gasteiger partial charge in [0, 0.05) is 5.56 Å². The zero-order valence-electron chi connectivity index (χ0n) is 24.3. The maximum atomic E-state index is 14.0. The van der Waals surface area contributed by atoms with Gasteiger partial charge < -0.3 is 23.7 Å². The molecule has 1 unspecified atom stereocenters. The van der Waals surface area contributed by atoms with E-state index in [9.17, 15) is 14.4 Å². The molecule has 3 aromatic rings. The van der Waals surface area contributed by atoms with E-state index in [-0.39, 0.29) is 31.0 Å². The van der Waals surface area contributed by atoms with Crippen LogP contribution in [0.3, 0.4) is 0 Å². The summed E-state index contributed by atoms with van der Waals surface area (Å²) in [4.78, 5) is 44.0. The van der Waals surface area contributed by atoms with Crippen LogP contribution in [0, 0.1) is 0 Å². The summed E-state index contributed by atoms with van der Waals surface area (Å²) in [7, 11) is 1.49. The lowest BCUT2D eigenvalue weighted by Gasteiger charge is -2.26. The van der Waals surface area contributed by atoms with Crippen LogP contribution in [0.4, 0.5) is 0 Å². The first-order valence-corrected chi connectivity index (χ1v) is 14.5. The number of hydrogen-bond donors (Lipinski definition) is 0. The Kier molecular flexibility index (Phi) is 10.2. The predicted molar refractivity (Wildman–Crippen MR) is 158 cm³/mol. The van der Waals surface area contributed by atoms with Crippen molar-refractivity contribution >= 4 is 29.4 Å². The van der Waals surface area contributed by atoms with Crippen molar-refractivity contribution in [1.29, 1.82) is 0 Å². The van der Waals surface area contributed by atoms with E-state index in [0.717, 1.165) is 6.42 Å². The number of allylic oxidation sites excluding steroid dienone is 1. The summed E-state index contributed by atoms with van der Waals surface area (Å²) < 4.78 is 29.3. The van der Waals surface area contributed by atoms with Crippen molar-refractivity contribution in [3.63, 3.8) is 0 Å². The van der Waals surface area contributed by atoms with Crippen LogP contribution in [0.2, 0.25) is 0 Å². The summed E-state index contributed by atoms with van der Waals surface area (Å²) in [6.07, 6.45) is 2.52. The number of fused-ring (bicyclic) bond motifs is 1. The average molecular weight is 595 g/mol. The summed E-state index contributed by atoms with van der Waals surface area (Å²) in [5.41, 5.74) is 1.78. The first kappa shape index (κ1) is 30.6. The molecular formula is C31H34N2O8S. The second-order valence-corrected chi connectivity index (χ2v) is 10.2. The Bertz CT molecular complexity index is 1670. The molecule has 1 aliphatic rings. The molecule has 10 nitrogen and oxygen atoms in total. The Morgan fingerprint density at radius 3 is 2.48 bits per heavy atom. The minimum atomic E-state index is -0.788. The van der Waals surface area contributed by atoms with Gasteiger partial charge in [-0.2, -0.15) is 0 Å². The highest BCUT2D eigenvalue weighted by Crippen LogP contribution is 2.36. The number of hydrogen-bond acceptors (Lipinski definition) is 10. The van der Waals surface area contributed by atoms with Gasteiger partial charge in [0.05, 0.1) is 42.7 Å². The summed E-state index contributed by atoms with van der Waals surface area (Å²) in [6.45, 7) is 7.87. The summed E-state index contributed by atoms with van der Waals surface area (Å²) >= 11 is 1.21. The molecule has 0 bridgehead atoms. The van der Waals surface area contributed by atoms with Crippen LogP contribution in [0.1, 0.15) is 51.3 Å². The lowest BCUT2D eigenvalue weighted by atomic mass is 9.95. The number of esters is 2. The largest absolute Gasteiger partial charge is 0.493 e. The number of thiazole rings is 1. The topological polar surface area (TPSA) is 115 Å². The molecule has 0 amide bonds. The van der Waals surface area contributed by atoms with Gasteiger partial charge in [-0.05, 0) is 57.0 Å². The zero-order valence-corrected chi connectivity index (χ0v) is 25.1. The van der Waals surface area contributed by atoms with Crippen molar-refractivity contribution in [3.05, 3.63) is 84.5 Å². The normalized spacial score (nSPS) is 14.6. The van der Waals surface area contributed by atoms with Crippen LogP contribution >= 0.6 is 11.3 Å². The van der Waals surface area contributed by atoms with E-state index in [2.05, 4.69) is 4.99 Å². The van der Waals surface area contributed by atoms with Gasteiger partial charge in [-0.3, -0.25) is 9.36 Å². The van der Waals surface area contributed by atoms with E-state index in [0.29, 0.717) is 50.0 Å². The van der Waals surface area contributed by atoms with E-state index < -0.39 is 18.0 Å². The summed E-state index contributed by atoms with van der Waals surface area (Å²) in [5.74, 6) is 0.312. The van der Waals surface area contributed by atoms with Crippen LogP contribution in [-0.4, -0.2) is 50.0 Å². The molecule has 1 aromatic heterocycles. The van der Waals surface area contributed by atoms with Crippen LogP contribution in [0.15, 0.2) is 63.5 Å². The summed E-state index contributed by atoms with van der Waals surface area (Å²) in [6, 6.07) is 11.7. The summed E-state index contributed by atoms with van der Waals surface area (Å²) in [5, 5.41) is 0. The Balaban J connectivity index is 1.82. The standard InChI is InChI=1S/C31H34N2O8S/c1-6-15-40-22-12-10-9-11-21(22)28-27(30(36)39-8-3)19(4)32-31-33(28)29(35)25(42-31)17-20-13-14-23(24(16-20)37-5)41-18-26(34)38-7-2/h9-14,16-17,28H,6-8,15,18H2,1-5H3. The second kappa shape index (κ2) is 14.0. The molecule has 0 fully saturated rings. The molecule has 42 heavy (non-hydrogen) atoms. The lowest BCUT2D eigenvalue weighted by Crippen LogP contribution is -2.40.